The van der Waals surface area contributed by atoms with E-state index in [9.17, 15) is 0 Å². The van der Waals surface area contributed by atoms with E-state index in [1.54, 1.807) is 0 Å². The first-order valence-electron chi connectivity index (χ1n) is 8.68. The molecule has 0 unspecified atom stereocenters. The maximum absolute atomic E-state index is 5.32. The smallest absolute Gasteiger partial charge is 0.184 e. The maximum atomic E-state index is 5.32. The SMILES string of the molecule is CC.CCC1CCCCC1.c1ccc(C2OCCO2)cc1. The van der Waals surface area contributed by atoms with Gasteiger partial charge in [-0.3, -0.25) is 0 Å². The predicted octanol–water partition coefficient (Wildman–Crippen LogP) is 5.73. The normalized spacial score (nSPS) is 19.2. The largest absolute Gasteiger partial charge is 0.346 e. The molecule has 21 heavy (non-hydrogen) atoms. The number of ether oxygens (including phenoxy) is 2. The van der Waals surface area contributed by atoms with Crippen molar-refractivity contribution in [3.63, 3.8) is 0 Å². The third-order valence-corrected chi connectivity index (χ3v) is 4.00. The first-order valence-corrected chi connectivity index (χ1v) is 8.68. The Hall–Kier alpha value is -0.860. The molecule has 1 saturated carbocycles. The van der Waals surface area contributed by atoms with E-state index in [1.165, 1.54) is 38.5 Å². The van der Waals surface area contributed by atoms with Crippen molar-refractivity contribution in [1.29, 1.82) is 0 Å². The Morgan fingerprint density at radius 2 is 1.48 bits per heavy atom. The second-order valence-electron chi connectivity index (χ2n) is 5.40. The lowest BCUT2D eigenvalue weighted by Crippen LogP contribution is -2.03. The standard InChI is InChI=1S/C9H10O2.C8H16.C2H6/c1-2-4-8(5-3-1)9-10-6-7-11-9;1-2-8-6-4-3-5-7-8;1-2/h1-5,9H,6-7H2;8H,2-7H2,1H3;1-2H3. The molecular weight excluding hydrogens is 260 g/mol. The van der Waals surface area contributed by atoms with Crippen LogP contribution in [0.4, 0.5) is 0 Å². The topological polar surface area (TPSA) is 18.5 Å². The third kappa shape index (κ3) is 7.10. The van der Waals surface area contributed by atoms with Crippen LogP contribution in [0.15, 0.2) is 30.3 Å². The molecule has 1 aliphatic heterocycles. The molecule has 0 radical (unpaired) electrons. The van der Waals surface area contributed by atoms with Gasteiger partial charge in [0.15, 0.2) is 6.29 Å². The van der Waals surface area contributed by atoms with Crippen LogP contribution in [0.5, 0.6) is 0 Å². The number of benzene rings is 1. The monoisotopic (exact) mass is 292 g/mol. The third-order valence-electron chi connectivity index (χ3n) is 4.00. The Morgan fingerprint density at radius 1 is 0.905 bits per heavy atom. The Bertz CT molecular complexity index is 325. The lowest BCUT2D eigenvalue weighted by atomic mass is 9.88. The summed E-state index contributed by atoms with van der Waals surface area (Å²) in [5.41, 5.74) is 1.10. The van der Waals surface area contributed by atoms with Crippen molar-refractivity contribution < 1.29 is 9.47 Å². The second-order valence-corrected chi connectivity index (χ2v) is 5.40. The van der Waals surface area contributed by atoms with E-state index in [2.05, 4.69) is 6.92 Å². The molecule has 3 rings (SSSR count). The van der Waals surface area contributed by atoms with Gasteiger partial charge in [0.05, 0.1) is 13.2 Å². The highest BCUT2D eigenvalue weighted by Crippen LogP contribution is 2.25. The summed E-state index contributed by atoms with van der Waals surface area (Å²) >= 11 is 0. The summed E-state index contributed by atoms with van der Waals surface area (Å²) in [5, 5.41) is 0. The maximum Gasteiger partial charge on any atom is 0.184 e. The van der Waals surface area contributed by atoms with Crippen LogP contribution in [0, 0.1) is 5.92 Å². The Labute approximate surface area is 130 Å². The molecule has 1 heterocycles. The predicted molar refractivity (Wildman–Crippen MR) is 89.3 cm³/mol. The molecule has 0 atom stereocenters. The van der Waals surface area contributed by atoms with Crippen molar-refractivity contribution in [1.82, 2.24) is 0 Å². The lowest BCUT2D eigenvalue weighted by molar-refractivity contribution is -0.0441. The van der Waals surface area contributed by atoms with Crippen LogP contribution in [-0.2, 0) is 9.47 Å². The minimum Gasteiger partial charge on any atom is -0.346 e. The number of rotatable bonds is 2. The fourth-order valence-electron chi connectivity index (χ4n) is 2.76. The van der Waals surface area contributed by atoms with Gasteiger partial charge in [-0.05, 0) is 5.92 Å². The van der Waals surface area contributed by atoms with E-state index in [4.69, 9.17) is 9.47 Å². The minimum atomic E-state index is -0.129. The van der Waals surface area contributed by atoms with Gasteiger partial charge in [-0.25, -0.2) is 0 Å². The molecule has 1 aromatic carbocycles. The molecule has 0 bridgehead atoms. The molecule has 2 fully saturated rings. The Balaban J connectivity index is 0.000000196. The zero-order valence-electron chi connectivity index (χ0n) is 14.0. The summed E-state index contributed by atoms with van der Waals surface area (Å²) in [5.74, 6) is 1.09. The van der Waals surface area contributed by atoms with Crippen molar-refractivity contribution in [2.45, 2.75) is 65.6 Å². The van der Waals surface area contributed by atoms with E-state index >= 15 is 0 Å². The molecule has 0 N–H and O–H groups in total. The molecule has 1 aliphatic carbocycles. The second kappa shape index (κ2) is 11.8. The highest BCUT2D eigenvalue weighted by atomic mass is 16.7. The van der Waals surface area contributed by atoms with Crippen molar-refractivity contribution in [2.24, 2.45) is 5.92 Å². The average molecular weight is 292 g/mol. The minimum absolute atomic E-state index is 0.129. The molecule has 120 valence electrons. The molecule has 1 aromatic rings. The van der Waals surface area contributed by atoms with Crippen LogP contribution in [0.2, 0.25) is 0 Å². The number of hydrogen-bond acceptors (Lipinski definition) is 2. The summed E-state index contributed by atoms with van der Waals surface area (Å²) in [6, 6.07) is 9.98. The van der Waals surface area contributed by atoms with E-state index in [1.807, 2.05) is 44.2 Å². The number of hydrogen-bond donors (Lipinski definition) is 0. The van der Waals surface area contributed by atoms with E-state index < -0.39 is 0 Å². The van der Waals surface area contributed by atoms with E-state index in [0.717, 1.165) is 11.5 Å². The summed E-state index contributed by atoms with van der Waals surface area (Å²) < 4.78 is 10.6. The van der Waals surface area contributed by atoms with Crippen molar-refractivity contribution in [3.05, 3.63) is 35.9 Å². The molecule has 0 amide bonds. The zero-order chi connectivity index (χ0) is 15.3. The van der Waals surface area contributed by atoms with Gasteiger partial charge in [-0.15, -0.1) is 0 Å². The van der Waals surface area contributed by atoms with Gasteiger partial charge < -0.3 is 9.47 Å². The van der Waals surface area contributed by atoms with Crippen molar-refractivity contribution >= 4 is 0 Å². The van der Waals surface area contributed by atoms with Gasteiger partial charge in [0, 0.05) is 5.56 Å². The van der Waals surface area contributed by atoms with Gasteiger partial charge in [0.25, 0.3) is 0 Å². The van der Waals surface area contributed by atoms with Gasteiger partial charge in [-0.2, -0.15) is 0 Å². The quantitative estimate of drug-likeness (QED) is 0.692. The fourth-order valence-corrected chi connectivity index (χ4v) is 2.76. The molecule has 2 heteroatoms. The van der Waals surface area contributed by atoms with Crippen LogP contribution in [0.3, 0.4) is 0 Å². The van der Waals surface area contributed by atoms with Crippen molar-refractivity contribution in [3.8, 4) is 0 Å². The molecule has 2 nitrogen and oxygen atoms in total. The molecule has 1 saturated heterocycles. The highest BCUT2D eigenvalue weighted by Gasteiger charge is 2.16. The van der Waals surface area contributed by atoms with Crippen LogP contribution in [0.25, 0.3) is 0 Å². The zero-order valence-corrected chi connectivity index (χ0v) is 14.0. The van der Waals surface area contributed by atoms with Crippen LogP contribution < -0.4 is 0 Å². The summed E-state index contributed by atoms with van der Waals surface area (Å²) in [4.78, 5) is 0. The van der Waals surface area contributed by atoms with Crippen LogP contribution in [-0.4, -0.2) is 13.2 Å². The molecular formula is C19H32O2. The van der Waals surface area contributed by atoms with Gasteiger partial charge >= 0.3 is 0 Å². The first-order chi connectivity index (χ1) is 10.4. The highest BCUT2D eigenvalue weighted by molar-refractivity contribution is 5.16. The molecule has 2 aliphatic rings. The Morgan fingerprint density at radius 3 is 1.95 bits per heavy atom. The first kappa shape index (κ1) is 18.2. The summed E-state index contributed by atoms with van der Waals surface area (Å²) in [7, 11) is 0. The van der Waals surface area contributed by atoms with Crippen LogP contribution >= 0.6 is 0 Å². The summed E-state index contributed by atoms with van der Waals surface area (Å²) in [6.45, 7) is 7.73. The molecule has 0 aromatic heterocycles. The average Bonchev–Trinajstić information content (AvgIpc) is 3.13. The van der Waals surface area contributed by atoms with E-state index in [0.29, 0.717) is 13.2 Å². The van der Waals surface area contributed by atoms with Gasteiger partial charge in [-0.1, -0.05) is 89.6 Å². The molecule has 0 spiro atoms. The summed E-state index contributed by atoms with van der Waals surface area (Å²) in [6.07, 6.45) is 8.80. The van der Waals surface area contributed by atoms with Gasteiger partial charge in [0.2, 0.25) is 0 Å². The van der Waals surface area contributed by atoms with Crippen LogP contribution in [0.1, 0.15) is 71.1 Å². The van der Waals surface area contributed by atoms with Gasteiger partial charge in [0.1, 0.15) is 0 Å². The Kier molecular flexibility index (Phi) is 10.2. The van der Waals surface area contributed by atoms with Crippen molar-refractivity contribution in [2.75, 3.05) is 13.2 Å². The lowest BCUT2D eigenvalue weighted by Gasteiger charge is -2.18. The fraction of sp³-hybridized carbons (Fsp3) is 0.684. The van der Waals surface area contributed by atoms with E-state index in [-0.39, 0.29) is 6.29 Å².